The first kappa shape index (κ1) is 16.9. The predicted octanol–water partition coefficient (Wildman–Crippen LogP) is 3.54. The first-order valence-electron chi connectivity index (χ1n) is 9.40. The van der Waals surface area contributed by atoms with Crippen LogP contribution in [0.2, 0.25) is 0 Å². The van der Waals surface area contributed by atoms with E-state index in [1.807, 2.05) is 30.7 Å². The number of fused-ring (bicyclic) bond motifs is 1. The average molecular weight is 371 g/mol. The fourth-order valence-electron chi connectivity index (χ4n) is 3.87. The van der Waals surface area contributed by atoms with Crippen molar-refractivity contribution in [2.75, 3.05) is 25.4 Å². The molecular formula is C22H21N5O. The third-order valence-corrected chi connectivity index (χ3v) is 5.22. The molecule has 1 fully saturated rings. The van der Waals surface area contributed by atoms with Gasteiger partial charge in [0.1, 0.15) is 6.10 Å². The lowest BCUT2D eigenvalue weighted by Crippen LogP contribution is -2.34. The maximum Gasteiger partial charge on any atom is 0.112 e. The molecule has 1 saturated heterocycles. The molecule has 1 atom stereocenters. The normalized spacial score (nSPS) is 17.1. The van der Waals surface area contributed by atoms with E-state index in [0.717, 1.165) is 51.9 Å². The Labute approximate surface area is 162 Å². The Balaban J connectivity index is 1.67. The number of para-hydroxylation sites is 1. The quantitative estimate of drug-likeness (QED) is 0.513. The number of aromatic amines is 1. The van der Waals surface area contributed by atoms with Crippen molar-refractivity contribution in [3.05, 3.63) is 66.9 Å². The van der Waals surface area contributed by atoms with Crippen molar-refractivity contribution in [1.29, 1.82) is 0 Å². The minimum Gasteiger partial charge on any atom is -0.398 e. The zero-order valence-electron chi connectivity index (χ0n) is 15.4. The molecule has 28 heavy (non-hydrogen) atoms. The maximum atomic E-state index is 6.19. The summed E-state index contributed by atoms with van der Waals surface area (Å²) < 4.78 is 5.97. The van der Waals surface area contributed by atoms with Gasteiger partial charge in [0.05, 0.1) is 17.8 Å². The van der Waals surface area contributed by atoms with Gasteiger partial charge in [-0.1, -0.05) is 24.3 Å². The van der Waals surface area contributed by atoms with E-state index in [1.54, 1.807) is 6.20 Å². The van der Waals surface area contributed by atoms with E-state index in [-0.39, 0.29) is 6.10 Å². The lowest BCUT2D eigenvalue weighted by Gasteiger charge is -2.25. The van der Waals surface area contributed by atoms with E-state index >= 15 is 0 Å². The lowest BCUT2D eigenvalue weighted by molar-refractivity contribution is 0.0254. The molecule has 4 N–H and O–H groups in total. The second-order valence-corrected chi connectivity index (χ2v) is 6.89. The van der Waals surface area contributed by atoms with Crippen molar-refractivity contribution in [3.63, 3.8) is 0 Å². The molecule has 0 bridgehead atoms. The van der Waals surface area contributed by atoms with Crippen LogP contribution >= 0.6 is 0 Å². The van der Waals surface area contributed by atoms with Crippen molar-refractivity contribution in [3.8, 4) is 22.3 Å². The molecule has 4 heterocycles. The van der Waals surface area contributed by atoms with Gasteiger partial charge in [-0.3, -0.25) is 9.97 Å². The van der Waals surface area contributed by atoms with Crippen molar-refractivity contribution in [2.45, 2.75) is 6.10 Å². The number of aromatic nitrogens is 3. The van der Waals surface area contributed by atoms with Crippen molar-refractivity contribution in [2.24, 2.45) is 0 Å². The smallest absolute Gasteiger partial charge is 0.112 e. The lowest BCUT2D eigenvalue weighted by atomic mass is 9.96. The topological polar surface area (TPSA) is 88.9 Å². The van der Waals surface area contributed by atoms with Gasteiger partial charge in [0.25, 0.3) is 0 Å². The third kappa shape index (κ3) is 2.83. The molecule has 1 aliphatic heterocycles. The van der Waals surface area contributed by atoms with Gasteiger partial charge < -0.3 is 20.8 Å². The summed E-state index contributed by atoms with van der Waals surface area (Å²) in [6.07, 6.45) is 7.29. The van der Waals surface area contributed by atoms with Gasteiger partial charge >= 0.3 is 0 Å². The van der Waals surface area contributed by atoms with Crippen LogP contribution in [0.3, 0.4) is 0 Å². The summed E-state index contributed by atoms with van der Waals surface area (Å²) in [6.45, 7) is 2.33. The molecule has 0 aliphatic carbocycles. The van der Waals surface area contributed by atoms with Crippen molar-refractivity contribution in [1.82, 2.24) is 20.3 Å². The molecular weight excluding hydrogens is 350 g/mol. The highest BCUT2D eigenvalue weighted by Crippen LogP contribution is 2.38. The highest BCUT2D eigenvalue weighted by molar-refractivity contribution is 6.04. The summed E-state index contributed by atoms with van der Waals surface area (Å²) in [6, 6.07) is 12.2. The van der Waals surface area contributed by atoms with Crippen LogP contribution in [0.5, 0.6) is 0 Å². The average Bonchev–Trinajstić information content (AvgIpc) is 3.19. The van der Waals surface area contributed by atoms with Gasteiger partial charge in [-0.05, 0) is 12.1 Å². The van der Waals surface area contributed by atoms with Crippen LogP contribution in [0.4, 0.5) is 5.69 Å². The number of pyridine rings is 2. The number of anilines is 1. The van der Waals surface area contributed by atoms with Gasteiger partial charge in [0, 0.05) is 71.2 Å². The monoisotopic (exact) mass is 371 g/mol. The number of hydrogen-bond acceptors (Lipinski definition) is 5. The van der Waals surface area contributed by atoms with E-state index in [1.165, 1.54) is 0 Å². The number of rotatable bonds is 3. The van der Waals surface area contributed by atoms with Gasteiger partial charge in [0.2, 0.25) is 0 Å². The molecule has 0 amide bonds. The summed E-state index contributed by atoms with van der Waals surface area (Å²) in [7, 11) is 0. The van der Waals surface area contributed by atoms with Crippen LogP contribution in [-0.4, -0.2) is 34.6 Å². The van der Waals surface area contributed by atoms with Gasteiger partial charge in [-0.2, -0.15) is 0 Å². The van der Waals surface area contributed by atoms with Crippen LogP contribution in [0.15, 0.2) is 61.2 Å². The number of hydrogen-bond donors (Lipinski definition) is 3. The zero-order chi connectivity index (χ0) is 18.9. The summed E-state index contributed by atoms with van der Waals surface area (Å²) in [5, 5.41) is 4.49. The Morgan fingerprint density at radius 2 is 1.93 bits per heavy atom. The Kier molecular flexibility index (Phi) is 4.27. The minimum atomic E-state index is -0.0522. The highest BCUT2D eigenvalue weighted by atomic mass is 16.5. The van der Waals surface area contributed by atoms with Crippen LogP contribution in [0.1, 0.15) is 11.8 Å². The molecule has 1 unspecified atom stereocenters. The molecule has 1 aromatic carbocycles. The Hall–Kier alpha value is -3.22. The standard InChI is InChI=1S/C22H21N5O/c23-19-6-8-24-11-18(19)17-12-27-21-14(3-1-4-16(17)21)15-5-2-7-26-22(15)20-13-25-9-10-28-20/h1-8,11-12,20,25,27H,9-10,13H2,(H2,23,24). The molecule has 140 valence electrons. The highest BCUT2D eigenvalue weighted by Gasteiger charge is 2.22. The molecule has 6 heteroatoms. The zero-order valence-corrected chi connectivity index (χ0v) is 15.4. The molecule has 5 rings (SSSR count). The Morgan fingerprint density at radius 1 is 1.00 bits per heavy atom. The molecule has 0 spiro atoms. The van der Waals surface area contributed by atoms with Gasteiger partial charge in [-0.25, -0.2) is 0 Å². The number of nitrogens with two attached hydrogens (primary N) is 1. The second-order valence-electron chi connectivity index (χ2n) is 6.89. The largest absolute Gasteiger partial charge is 0.398 e. The number of morpholine rings is 1. The molecule has 6 nitrogen and oxygen atoms in total. The molecule has 0 radical (unpaired) electrons. The summed E-state index contributed by atoms with van der Waals surface area (Å²) >= 11 is 0. The fourth-order valence-corrected chi connectivity index (χ4v) is 3.87. The third-order valence-electron chi connectivity index (χ3n) is 5.22. The maximum absolute atomic E-state index is 6.19. The molecule has 1 aliphatic rings. The minimum absolute atomic E-state index is 0.0522. The molecule has 4 aromatic rings. The van der Waals surface area contributed by atoms with E-state index in [0.29, 0.717) is 12.3 Å². The molecule has 0 saturated carbocycles. The van der Waals surface area contributed by atoms with Crippen molar-refractivity contribution < 1.29 is 4.74 Å². The number of nitrogen functional groups attached to an aromatic ring is 1. The first-order chi connectivity index (χ1) is 13.8. The van der Waals surface area contributed by atoms with Gasteiger partial charge in [0.15, 0.2) is 0 Å². The number of ether oxygens (including phenoxy) is 1. The van der Waals surface area contributed by atoms with Crippen LogP contribution in [-0.2, 0) is 4.74 Å². The molecule has 3 aromatic heterocycles. The Morgan fingerprint density at radius 3 is 2.79 bits per heavy atom. The fraction of sp³-hybridized carbons (Fsp3) is 0.182. The van der Waals surface area contributed by atoms with E-state index in [9.17, 15) is 0 Å². The van der Waals surface area contributed by atoms with Crippen LogP contribution in [0.25, 0.3) is 33.2 Å². The predicted molar refractivity (Wildman–Crippen MR) is 111 cm³/mol. The summed E-state index contributed by atoms with van der Waals surface area (Å²) in [5.74, 6) is 0. The van der Waals surface area contributed by atoms with E-state index < -0.39 is 0 Å². The van der Waals surface area contributed by atoms with Gasteiger partial charge in [-0.15, -0.1) is 0 Å². The van der Waals surface area contributed by atoms with E-state index in [4.69, 9.17) is 10.5 Å². The SMILES string of the molecule is Nc1ccncc1-c1c[nH]c2c(-c3cccnc3C3CNCCO3)cccc12. The number of nitrogens with zero attached hydrogens (tertiary/aromatic N) is 2. The first-order valence-corrected chi connectivity index (χ1v) is 9.40. The number of nitrogens with one attached hydrogen (secondary N) is 2. The summed E-state index contributed by atoms with van der Waals surface area (Å²) in [5.41, 5.74) is 13.1. The second kappa shape index (κ2) is 7.07. The summed E-state index contributed by atoms with van der Waals surface area (Å²) in [4.78, 5) is 12.3. The number of H-pyrrole nitrogens is 1. The number of benzene rings is 1. The Bertz CT molecular complexity index is 1130. The van der Waals surface area contributed by atoms with Crippen LogP contribution in [0, 0.1) is 0 Å². The van der Waals surface area contributed by atoms with E-state index in [2.05, 4.69) is 44.5 Å². The van der Waals surface area contributed by atoms with Crippen LogP contribution < -0.4 is 11.1 Å². The van der Waals surface area contributed by atoms with Crippen molar-refractivity contribution >= 4 is 16.6 Å².